The predicted octanol–water partition coefficient (Wildman–Crippen LogP) is 4.23. The molecule has 0 bridgehead atoms. The van der Waals surface area contributed by atoms with Gasteiger partial charge in [0.2, 0.25) is 17.2 Å². The van der Waals surface area contributed by atoms with Gasteiger partial charge in [-0.25, -0.2) is 4.98 Å². The van der Waals surface area contributed by atoms with E-state index in [-0.39, 0.29) is 35.4 Å². The molecule has 5 aromatic rings. The first-order valence-electron chi connectivity index (χ1n) is 12.4. The lowest BCUT2D eigenvalue weighted by molar-refractivity contribution is -0.122. The lowest BCUT2D eigenvalue weighted by Crippen LogP contribution is -2.31. The highest BCUT2D eigenvalue weighted by Crippen LogP contribution is 2.31. The highest BCUT2D eigenvalue weighted by Gasteiger charge is 2.24. The van der Waals surface area contributed by atoms with Gasteiger partial charge in [-0.05, 0) is 67.3 Å². The molecule has 9 nitrogen and oxygen atoms in total. The van der Waals surface area contributed by atoms with Crippen LogP contribution in [0.25, 0.3) is 33.9 Å². The molecule has 1 aliphatic rings. The van der Waals surface area contributed by atoms with Gasteiger partial charge in [-0.1, -0.05) is 29.4 Å². The van der Waals surface area contributed by atoms with Crippen molar-refractivity contribution in [3.05, 3.63) is 93.9 Å². The van der Waals surface area contributed by atoms with Crippen molar-refractivity contribution in [3.63, 3.8) is 0 Å². The van der Waals surface area contributed by atoms with Crippen LogP contribution < -0.4 is 15.5 Å². The third kappa shape index (κ3) is 4.32. The van der Waals surface area contributed by atoms with Crippen LogP contribution >= 0.6 is 0 Å². The number of amides is 1. The van der Waals surface area contributed by atoms with Crippen LogP contribution in [0.2, 0.25) is 0 Å². The second-order valence-corrected chi connectivity index (χ2v) is 9.33. The van der Waals surface area contributed by atoms with Crippen LogP contribution in [-0.2, 0) is 17.8 Å². The first-order valence-corrected chi connectivity index (χ1v) is 12.4. The molecule has 0 spiro atoms. The van der Waals surface area contributed by atoms with E-state index in [1.807, 2.05) is 31.2 Å². The van der Waals surface area contributed by atoms with E-state index < -0.39 is 0 Å². The van der Waals surface area contributed by atoms with Crippen LogP contribution in [0.3, 0.4) is 0 Å². The van der Waals surface area contributed by atoms with E-state index in [1.54, 1.807) is 42.1 Å². The Morgan fingerprint density at radius 3 is 2.74 bits per heavy atom. The van der Waals surface area contributed by atoms with Gasteiger partial charge in [0.05, 0.1) is 18.5 Å². The summed E-state index contributed by atoms with van der Waals surface area (Å²) in [6.45, 7) is 1.83. The molecule has 190 valence electrons. The average molecular weight is 508 g/mol. The molecular formula is C29H25N5O4. The first-order chi connectivity index (χ1) is 18.5. The lowest BCUT2D eigenvalue weighted by atomic mass is 10.1. The molecule has 9 heteroatoms. The Labute approximate surface area is 218 Å². The molecule has 3 heterocycles. The van der Waals surface area contributed by atoms with E-state index in [0.717, 1.165) is 29.7 Å². The summed E-state index contributed by atoms with van der Waals surface area (Å²) in [4.78, 5) is 35.6. The van der Waals surface area contributed by atoms with Crippen molar-refractivity contribution in [2.75, 3.05) is 7.11 Å². The van der Waals surface area contributed by atoms with Gasteiger partial charge in [0.1, 0.15) is 23.5 Å². The maximum atomic E-state index is 13.4. The maximum Gasteiger partial charge on any atom is 0.263 e. The van der Waals surface area contributed by atoms with Gasteiger partial charge in [0.25, 0.3) is 5.89 Å². The number of carbonyl (C=O) groups excluding carboxylic acids is 1. The summed E-state index contributed by atoms with van der Waals surface area (Å²) in [5.41, 5.74) is 4.20. The van der Waals surface area contributed by atoms with Crippen LogP contribution in [0.5, 0.6) is 5.75 Å². The summed E-state index contributed by atoms with van der Waals surface area (Å²) in [5, 5.41) is 7.58. The Kier molecular flexibility index (Phi) is 5.95. The molecule has 0 saturated heterocycles. The number of pyridine rings is 2. The van der Waals surface area contributed by atoms with Crippen molar-refractivity contribution in [1.29, 1.82) is 0 Å². The monoisotopic (exact) mass is 507 g/mol. The van der Waals surface area contributed by atoms with Gasteiger partial charge in [0.15, 0.2) is 0 Å². The SMILES string of the molecule is COc1ccc(-c2noc(-c3cn(CC(=O)NC4CCc5ccccc54)c4nc(C)ccc4c3=O)n2)cc1. The molecular weight excluding hydrogens is 482 g/mol. The van der Waals surface area contributed by atoms with Crippen molar-refractivity contribution >= 4 is 16.9 Å². The van der Waals surface area contributed by atoms with Crippen molar-refractivity contribution in [1.82, 2.24) is 25.0 Å². The molecule has 1 unspecified atom stereocenters. The Morgan fingerprint density at radius 1 is 1.11 bits per heavy atom. The number of hydrogen-bond donors (Lipinski definition) is 1. The fraction of sp³-hybridized carbons (Fsp3) is 0.207. The van der Waals surface area contributed by atoms with E-state index in [2.05, 4.69) is 32.6 Å². The summed E-state index contributed by atoms with van der Waals surface area (Å²) in [5.74, 6) is 0.947. The number of rotatable bonds is 6. The molecule has 2 aromatic carbocycles. The average Bonchev–Trinajstić information content (AvgIpc) is 3.58. The maximum absolute atomic E-state index is 13.4. The highest BCUT2D eigenvalue weighted by atomic mass is 16.5. The summed E-state index contributed by atoms with van der Waals surface area (Å²) >= 11 is 0. The number of nitrogens with zero attached hydrogens (tertiary/aromatic N) is 4. The molecule has 6 rings (SSSR count). The minimum atomic E-state index is -0.293. The highest BCUT2D eigenvalue weighted by molar-refractivity contribution is 5.83. The first kappa shape index (κ1) is 23.6. The number of ether oxygens (including phenoxy) is 1. The standard InChI is InChI=1S/C29H25N5O4/c1-17-7-13-22-26(36)23(29-32-27(33-38-29)19-8-11-20(37-2)12-9-19)15-34(28(22)30-17)16-25(35)31-24-14-10-18-5-3-4-6-21(18)24/h3-9,11-13,15,24H,10,14,16H2,1-2H3,(H,31,35). The Balaban J connectivity index is 1.34. The third-order valence-corrected chi connectivity index (χ3v) is 6.85. The Bertz CT molecular complexity index is 1720. The number of hydrogen-bond acceptors (Lipinski definition) is 7. The molecule has 0 fully saturated rings. The predicted molar refractivity (Wildman–Crippen MR) is 142 cm³/mol. The molecule has 3 aromatic heterocycles. The van der Waals surface area contributed by atoms with Gasteiger partial charge in [-0.3, -0.25) is 9.59 Å². The molecule has 1 aliphatic carbocycles. The summed E-state index contributed by atoms with van der Waals surface area (Å²) in [7, 11) is 1.59. The molecule has 1 atom stereocenters. The Morgan fingerprint density at radius 2 is 1.92 bits per heavy atom. The van der Waals surface area contributed by atoms with E-state index >= 15 is 0 Å². The Hall–Kier alpha value is -4.79. The van der Waals surface area contributed by atoms with Crippen LogP contribution in [-0.4, -0.2) is 32.7 Å². The number of fused-ring (bicyclic) bond motifs is 2. The van der Waals surface area contributed by atoms with E-state index in [9.17, 15) is 9.59 Å². The van der Waals surface area contributed by atoms with Crippen LogP contribution in [0.15, 0.2) is 76.2 Å². The van der Waals surface area contributed by atoms with Gasteiger partial charge in [-0.2, -0.15) is 4.98 Å². The fourth-order valence-corrected chi connectivity index (χ4v) is 4.92. The summed E-state index contributed by atoms with van der Waals surface area (Å²) in [6, 6.07) is 18.8. The minimum absolute atomic E-state index is 0.0155. The number of aromatic nitrogens is 4. The summed E-state index contributed by atoms with van der Waals surface area (Å²) < 4.78 is 12.4. The second-order valence-electron chi connectivity index (χ2n) is 9.33. The number of benzene rings is 2. The van der Waals surface area contributed by atoms with Crippen LogP contribution in [0.1, 0.15) is 29.3 Å². The number of nitrogens with one attached hydrogen (secondary N) is 1. The number of carbonyl (C=O) groups is 1. The normalized spacial score (nSPS) is 14.4. The molecule has 0 aliphatic heterocycles. The van der Waals surface area contributed by atoms with Gasteiger partial charge < -0.3 is 19.1 Å². The minimum Gasteiger partial charge on any atom is -0.497 e. The van der Waals surface area contributed by atoms with Crippen LogP contribution in [0.4, 0.5) is 0 Å². The van der Waals surface area contributed by atoms with E-state index in [0.29, 0.717) is 22.6 Å². The fourth-order valence-electron chi connectivity index (χ4n) is 4.92. The molecule has 1 amide bonds. The largest absolute Gasteiger partial charge is 0.497 e. The van der Waals surface area contributed by atoms with Gasteiger partial charge in [0, 0.05) is 17.5 Å². The topological polar surface area (TPSA) is 112 Å². The zero-order valence-corrected chi connectivity index (χ0v) is 21.0. The summed E-state index contributed by atoms with van der Waals surface area (Å²) in [6.07, 6.45) is 3.36. The zero-order valence-electron chi connectivity index (χ0n) is 21.0. The van der Waals surface area contributed by atoms with E-state index in [4.69, 9.17) is 9.26 Å². The molecule has 38 heavy (non-hydrogen) atoms. The van der Waals surface area contributed by atoms with E-state index in [1.165, 1.54) is 5.56 Å². The second kappa shape index (κ2) is 9.59. The zero-order chi connectivity index (χ0) is 26.2. The van der Waals surface area contributed by atoms with Crippen molar-refractivity contribution in [2.45, 2.75) is 32.4 Å². The number of aryl methyl sites for hydroxylation is 2. The van der Waals surface area contributed by atoms with Gasteiger partial charge >= 0.3 is 0 Å². The van der Waals surface area contributed by atoms with Crippen LogP contribution in [0, 0.1) is 6.92 Å². The molecule has 1 N–H and O–H groups in total. The number of methoxy groups -OCH3 is 1. The lowest BCUT2D eigenvalue weighted by Gasteiger charge is -2.16. The smallest absolute Gasteiger partial charge is 0.263 e. The quantitative estimate of drug-likeness (QED) is 0.366. The molecule has 0 saturated carbocycles. The van der Waals surface area contributed by atoms with Crippen molar-refractivity contribution < 1.29 is 14.1 Å². The van der Waals surface area contributed by atoms with Crippen molar-refractivity contribution in [3.8, 4) is 28.6 Å². The third-order valence-electron chi connectivity index (χ3n) is 6.85. The van der Waals surface area contributed by atoms with Crippen molar-refractivity contribution in [2.24, 2.45) is 0 Å². The molecule has 0 radical (unpaired) electrons. The van der Waals surface area contributed by atoms with Gasteiger partial charge in [-0.15, -0.1) is 0 Å².